The van der Waals surface area contributed by atoms with Gasteiger partial charge in [-0.1, -0.05) is 18.5 Å². The third-order valence-electron chi connectivity index (χ3n) is 3.13. The zero-order valence-corrected chi connectivity index (χ0v) is 12.6. The summed E-state index contributed by atoms with van der Waals surface area (Å²) in [6.07, 6.45) is 1.04. The molecule has 5 nitrogen and oxygen atoms in total. The van der Waals surface area contributed by atoms with Gasteiger partial charge in [0, 0.05) is 19.6 Å². The maximum absolute atomic E-state index is 12.5. The maximum atomic E-state index is 12.5. The number of halogens is 1. The van der Waals surface area contributed by atoms with E-state index in [4.69, 9.17) is 16.3 Å². The summed E-state index contributed by atoms with van der Waals surface area (Å²) in [5, 5.41) is 3.55. The minimum atomic E-state index is -0.134. The Balaban J connectivity index is 2.15. The zero-order chi connectivity index (χ0) is 14.5. The van der Waals surface area contributed by atoms with Crippen LogP contribution >= 0.6 is 11.6 Å². The van der Waals surface area contributed by atoms with E-state index in [-0.39, 0.29) is 12.0 Å². The smallest absolute Gasteiger partial charge is 0.274 e. The van der Waals surface area contributed by atoms with Gasteiger partial charge >= 0.3 is 0 Å². The number of amides is 1. The van der Waals surface area contributed by atoms with Gasteiger partial charge in [-0.25, -0.2) is 4.98 Å². The standard InChI is InChI=1S/C14H20ClN3O2/c1-3-6-16-12-5-4-11(15)13(17-12)14(19)18-7-8-20-10(2)9-18/h4-5,10H,3,6-9H2,1-2H3,(H,16,17). The lowest BCUT2D eigenvalue weighted by Crippen LogP contribution is -2.44. The summed E-state index contributed by atoms with van der Waals surface area (Å²) in [5.41, 5.74) is 0.307. The van der Waals surface area contributed by atoms with Crippen molar-refractivity contribution in [3.63, 3.8) is 0 Å². The molecule has 0 aliphatic carbocycles. The molecule has 1 unspecified atom stereocenters. The monoisotopic (exact) mass is 297 g/mol. The van der Waals surface area contributed by atoms with Crippen molar-refractivity contribution in [1.82, 2.24) is 9.88 Å². The summed E-state index contributed by atoms with van der Waals surface area (Å²) in [4.78, 5) is 18.6. The second-order valence-electron chi connectivity index (χ2n) is 4.89. The van der Waals surface area contributed by atoms with E-state index in [1.165, 1.54) is 0 Å². The van der Waals surface area contributed by atoms with Crippen LogP contribution in [-0.4, -0.2) is 48.1 Å². The third kappa shape index (κ3) is 3.61. The van der Waals surface area contributed by atoms with Crippen molar-refractivity contribution in [2.75, 3.05) is 31.6 Å². The molecule has 1 amide bonds. The molecule has 1 fully saturated rings. The normalized spacial score (nSPS) is 18.9. The molecule has 6 heteroatoms. The number of hydrogen-bond acceptors (Lipinski definition) is 4. The van der Waals surface area contributed by atoms with Crippen molar-refractivity contribution in [1.29, 1.82) is 0 Å². The van der Waals surface area contributed by atoms with Crippen molar-refractivity contribution in [2.45, 2.75) is 26.4 Å². The van der Waals surface area contributed by atoms with Crippen LogP contribution in [0.25, 0.3) is 0 Å². The summed E-state index contributed by atoms with van der Waals surface area (Å²) in [6.45, 7) is 6.55. The van der Waals surface area contributed by atoms with Crippen molar-refractivity contribution in [3.8, 4) is 0 Å². The Kier molecular flexibility index (Phi) is 5.20. The lowest BCUT2D eigenvalue weighted by molar-refractivity contribution is -0.0126. The first-order chi connectivity index (χ1) is 9.61. The number of ether oxygens (including phenoxy) is 1. The molecule has 20 heavy (non-hydrogen) atoms. The predicted octanol–water partition coefficient (Wildman–Crippen LogP) is 2.42. The van der Waals surface area contributed by atoms with Gasteiger partial charge in [0.05, 0.1) is 17.7 Å². The molecule has 0 saturated carbocycles. The van der Waals surface area contributed by atoms with Crippen molar-refractivity contribution < 1.29 is 9.53 Å². The molecule has 1 aliphatic rings. The number of nitrogens with zero attached hydrogens (tertiary/aromatic N) is 2. The van der Waals surface area contributed by atoms with Gasteiger partial charge in [0.25, 0.3) is 5.91 Å². The highest BCUT2D eigenvalue weighted by Gasteiger charge is 2.25. The van der Waals surface area contributed by atoms with E-state index in [2.05, 4.69) is 17.2 Å². The van der Waals surface area contributed by atoms with Gasteiger partial charge in [-0.2, -0.15) is 0 Å². The van der Waals surface area contributed by atoms with Crippen LogP contribution in [0.15, 0.2) is 12.1 Å². The lowest BCUT2D eigenvalue weighted by Gasteiger charge is -2.31. The molecular weight excluding hydrogens is 278 g/mol. The molecule has 110 valence electrons. The van der Waals surface area contributed by atoms with E-state index >= 15 is 0 Å². The van der Waals surface area contributed by atoms with E-state index in [0.29, 0.717) is 36.2 Å². The molecule has 0 aromatic carbocycles. The second-order valence-corrected chi connectivity index (χ2v) is 5.29. The van der Waals surface area contributed by atoms with Crippen LogP contribution in [0.1, 0.15) is 30.8 Å². The third-order valence-corrected chi connectivity index (χ3v) is 3.44. The number of aromatic nitrogens is 1. The molecule has 0 bridgehead atoms. The Hall–Kier alpha value is -1.33. The average Bonchev–Trinajstić information content (AvgIpc) is 2.45. The quantitative estimate of drug-likeness (QED) is 0.927. The van der Waals surface area contributed by atoms with Crippen LogP contribution in [0, 0.1) is 0 Å². The van der Waals surface area contributed by atoms with Crippen LogP contribution in [0.3, 0.4) is 0 Å². The number of carbonyl (C=O) groups is 1. The number of rotatable bonds is 4. The van der Waals surface area contributed by atoms with Crippen molar-refractivity contribution in [2.24, 2.45) is 0 Å². The number of nitrogens with one attached hydrogen (secondary N) is 1. The summed E-state index contributed by atoms with van der Waals surface area (Å²) < 4.78 is 5.44. The minimum absolute atomic E-state index is 0.0490. The molecule has 1 saturated heterocycles. The first-order valence-electron chi connectivity index (χ1n) is 6.93. The molecule has 2 heterocycles. The van der Waals surface area contributed by atoms with E-state index in [1.807, 2.05) is 6.92 Å². The number of morpholine rings is 1. The first-order valence-corrected chi connectivity index (χ1v) is 7.31. The topological polar surface area (TPSA) is 54.5 Å². The Labute approximate surface area is 124 Å². The average molecular weight is 298 g/mol. The van der Waals surface area contributed by atoms with Crippen LogP contribution < -0.4 is 5.32 Å². The predicted molar refractivity (Wildman–Crippen MR) is 79.3 cm³/mol. The van der Waals surface area contributed by atoms with E-state index in [9.17, 15) is 4.79 Å². The fraction of sp³-hybridized carbons (Fsp3) is 0.571. The van der Waals surface area contributed by atoms with Crippen LogP contribution in [0.5, 0.6) is 0 Å². The summed E-state index contributed by atoms with van der Waals surface area (Å²) >= 11 is 6.11. The van der Waals surface area contributed by atoms with Gasteiger partial charge in [-0.3, -0.25) is 4.79 Å². The Morgan fingerprint density at radius 1 is 1.60 bits per heavy atom. The van der Waals surface area contributed by atoms with Crippen LogP contribution in [0.2, 0.25) is 5.02 Å². The minimum Gasteiger partial charge on any atom is -0.375 e. The lowest BCUT2D eigenvalue weighted by atomic mass is 10.2. The molecule has 2 rings (SSSR count). The molecular formula is C14H20ClN3O2. The molecule has 1 aliphatic heterocycles. The van der Waals surface area contributed by atoms with E-state index in [1.54, 1.807) is 17.0 Å². The van der Waals surface area contributed by atoms with E-state index in [0.717, 1.165) is 13.0 Å². The van der Waals surface area contributed by atoms with Gasteiger partial charge < -0.3 is 15.0 Å². The molecule has 1 N–H and O–H groups in total. The number of anilines is 1. The molecule has 1 aromatic rings. The van der Waals surface area contributed by atoms with Crippen molar-refractivity contribution >= 4 is 23.3 Å². The first kappa shape index (κ1) is 15.1. The zero-order valence-electron chi connectivity index (χ0n) is 11.9. The van der Waals surface area contributed by atoms with Crippen molar-refractivity contribution in [3.05, 3.63) is 22.8 Å². The van der Waals surface area contributed by atoms with Gasteiger partial charge in [-0.05, 0) is 25.5 Å². The largest absolute Gasteiger partial charge is 0.375 e. The van der Waals surface area contributed by atoms with Gasteiger partial charge in [-0.15, -0.1) is 0 Å². The SMILES string of the molecule is CCCNc1ccc(Cl)c(C(=O)N2CCOC(C)C2)n1. The maximum Gasteiger partial charge on any atom is 0.274 e. The van der Waals surface area contributed by atoms with Gasteiger partial charge in [0.15, 0.2) is 0 Å². The number of pyridine rings is 1. The second kappa shape index (κ2) is 6.90. The molecule has 0 radical (unpaired) electrons. The Morgan fingerprint density at radius 2 is 2.40 bits per heavy atom. The molecule has 1 atom stereocenters. The molecule has 0 spiro atoms. The summed E-state index contributed by atoms with van der Waals surface area (Å²) in [7, 11) is 0. The summed E-state index contributed by atoms with van der Waals surface area (Å²) in [5.74, 6) is 0.547. The van der Waals surface area contributed by atoms with E-state index < -0.39 is 0 Å². The number of carbonyl (C=O) groups excluding carboxylic acids is 1. The van der Waals surface area contributed by atoms with Gasteiger partial charge in [0.1, 0.15) is 11.5 Å². The highest BCUT2D eigenvalue weighted by atomic mass is 35.5. The fourth-order valence-corrected chi connectivity index (χ4v) is 2.28. The Morgan fingerprint density at radius 3 is 3.10 bits per heavy atom. The van der Waals surface area contributed by atoms with Crippen LogP contribution in [0.4, 0.5) is 5.82 Å². The fourth-order valence-electron chi connectivity index (χ4n) is 2.10. The molecule has 1 aromatic heterocycles. The highest BCUT2D eigenvalue weighted by molar-refractivity contribution is 6.33. The highest BCUT2D eigenvalue weighted by Crippen LogP contribution is 2.19. The summed E-state index contributed by atoms with van der Waals surface area (Å²) in [6, 6.07) is 3.50. The van der Waals surface area contributed by atoms with Gasteiger partial charge in [0.2, 0.25) is 0 Å². The number of hydrogen-bond donors (Lipinski definition) is 1. The van der Waals surface area contributed by atoms with Crippen LogP contribution in [-0.2, 0) is 4.74 Å². The Bertz CT molecular complexity index is 481.